The van der Waals surface area contributed by atoms with Gasteiger partial charge in [0.15, 0.2) is 0 Å². The number of rotatable bonds is 7. The van der Waals surface area contributed by atoms with Crippen LogP contribution in [0.2, 0.25) is 0 Å². The molecule has 0 aliphatic carbocycles. The number of thioether (sulfide) groups is 1. The molecule has 2 aromatic rings. The summed E-state index contributed by atoms with van der Waals surface area (Å²) in [5, 5.41) is 2.79. The number of aryl methyl sites for hydroxylation is 1. The molecular weight excluding hydrogens is 324 g/mol. The van der Waals surface area contributed by atoms with E-state index in [4.69, 9.17) is 10.5 Å². The van der Waals surface area contributed by atoms with E-state index in [0.717, 1.165) is 16.9 Å². The van der Waals surface area contributed by atoms with Crippen molar-refractivity contribution in [3.8, 4) is 5.75 Å². The van der Waals surface area contributed by atoms with Crippen molar-refractivity contribution in [2.45, 2.75) is 12.7 Å². The van der Waals surface area contributed by atoms with Crippen LogP contribution in [0.25, 0.3) is 0 Å². The predicted molar refractivity (Wildman–Crippen MR) is 97.5 cm³/mol. The zero-order chi connectivity index (χ0) is 17.5. The van der Waals surface area contributed by atoms with Crippen LogP contribution in [0.1, 0.15) is 21.5 Å². The van der Waals surface area contributed by atoms with Gasteiger partial charge in [0.2, 0.25) is 11.8 Å². The van der Waals surface area contributed by atoms with Crippen molar-refractivity contribution in [3.05, 3.63) is 59.2 Å². The fraction of sp³-hybridized carbons (Fsp3) is 0.222. The van der Waals surface area contributed by atoms with Crippen LogP contribution >= 0.6 is 11.8 Å². The van der Waals surface area contributed by atoms with E-state index in [2.05, 4.69) is 11.4 Å². The highest BCUT2D eigenvalue weighted by atomic mass is 32.2. The molecule has 2 rings (SSSR count). The largest absolute Gasteiger partial charge is 0.496 e. The molecule has 0 aromatic heterocycles. The van der Waals surface area contributed by atoms with E-state index in [0.29, 0.717) is 22.8 Å². The molecule has 126 valence electrons. The van der Waals surface area contributed by atoms with Gasteiger partial charge in [0.1, 0.15) is 5.75 Å². The molecule has 5 nitrogen and oxygen atoms in total. The summed E-state index contributed by atoms with van der Waals surface area (Å²) in [6, 6.07) is 12.5. The molecular formula is C18H20N2O3S. The van der Waals surface area contributed by atoms with Crippen LogP contribution < -0.4 is 15.8 Å². The van der Waals surface area contributed by atoms with E-state index >= 15 is 0 Å². The second-order valence-corrected chi connectivity index (χ2v) is 6.28. The van der Waals surface area contributed by atoms with Crippen LogP contribution in [-0.4, -0.2) is 24.7 Å². The summed E-state index contributed by atoms with van der Waals surface area (Å²) in [7, 11) is 1.64. The number of anilines is 1. The Morgan fingerprint density at radius 1 is 1.17 bits per heavy atom. The molecule has 2 amide bonds. The van der Waals surface area contributed by atoms with Crippen LogP contribution in [0.15, 0.2) is 42.5 Å². The summed E-state index contributed by atoms with van der Waals surface area (Å²) in [4.78, 5) is 23.0. The lowest BCUT2D eigenvalue weighted by Gasteiger charge is -2.09. The van der Waals surface area contributed by atoms with Crippen molar-refractivity contribution in [2.75, 3.05) is 18.2 Å². The number of carbonyl (C=O) groups excluding carboxylic acids is 2. The minimum Gasteiger partial charge on any atom is -0.496 e. The molecule has 0 bridgehead atoms. The summed E-state index contributed by atoms with van der Waals surface area (Å²) in [5.74, 6) is 1.26. The van der Waals surface area contributed by atoms with Gasteiger partial charge in [0, 0.05) is 22.6 Å². The monoisotopic (exact) mass is 344 g/mol. The second kappa shape index (κ2) is 8.40. The van der Waals surface area contributed by atoms with Gasteiger partial charge in [-0.05, 0) is 37.3 Å². The van der Waals surface area contributed by atoms with Gasteiger partial charge in [-0.3, -0.25) is 9.59 Å². The number of nitrogens with two attached hydrogens (primary N) is 1. The zero-order valence-electron chi connectivity index (χ0n) is 13.7. The van der Waals surface area contributed by atoms with Crippen molar-refractivity contribution in [1.82, 2.24) is 0 Å². The maximum Gasteiger partial charge on any atom is 0.248 e. The Hall–Kier alpha value is -2.47. The number of carbonyl (C=O) groups is 2. The van der Waals surface area contributed by atoms with Gasteiger partial charge in [-0.2, -0.15) is 0 Å². The quantitative estimate of drug-likeness (QED) is 0.809. The number of ether oxygens (including phenoxy) is 1. The van der Waals surface area contributed by atoms with E-state index in [1.807, 2.05) is 19.1 Å². The Balaban J connectivity index is 1.85. The van der Waals surface area contributed by atoms with Crippen LogP contribution in [0.5, 0.6) is 5.75 Å². The fourth-order valence-electron chi connectivity index (χ4n) is 2.19. The number of primary amides is 1. The standard InChI is InChI=1S/C18H20N2O3S/c1-12-3-8-16(23-2)14(9-12)10-24-11-17(21)20-15-6-4-13(5-7-15)18(19)22/h3-9H,10-11H2,1-2H3,(H2,19,22)(H,20,21). The summed E-state index contributed by atoms with van der Waals surface area (Å²) < 4.78 is 5.33. The minimum absolute atomic E-state index is 0.0987. The van der Waals surface area contributed by atoms with Gasteiger partial charge in [0.05, 0.1) is 12.9 Å². The smallest absolute Gasteiger partial charge is 0.248 e. The first-order chi connectivity index (χ1) is 11.5. The van der Waals surface area contributed by atoms with E-state index in [-0.39, 0.29) is 5.91 Å². The Labute approximate surface area is 145 Å². The molecule has 0 aliphatic rings. The Bertz CT molecular complexity index is 730. The molecule has 0 atom stereocenters. The average Bonchev–Trinajstić information content (AvgIpc) is 2.55. The third kappa shape index (κ3) is 5.03. The highest BCUT2D eigenvalue weighted by Crippen LogP contribution is 2.24. The van der Waals surface area contributed by atoms with Gasteiger partial charge in [0.25, 0.3) is 0 Å². The lowest BCUT2D eigenvalue weighted by atomic mass is 10.1. The summed E-state index contributed by atoms with van der Waals surface area (Å²) in [6.45, 7) is 2.02. The van der Waals surface area contributed by atoms with Gasteiger partial charge >= 0.3 is 0 Å². The van der Waals surface area contributed by atoms with Crippen molar-refractivity contribution in [2.24, 2.45) is 5.73 Å². The molecule has 0 unspecified atom stereocenters. The maximum absolute atomic E-state index is 12.0. The van der Waals surface area contributed by atoms with Gasteiger partial charge in [-0.25, -0.2) is 0 Å². The summed E-state index contributed by atoms with van der Waals surface area (Å²) in [6.07, 6.45) is 0. The molecule has 6 heteroatoms. The van der Waals surface area contributed by atoms with Crippen LogP contribution in [0.4, 0.5) is 5.69 Å². The lowest BCUT2D eigenvalue weighted by Crippen LogP contribution is -2.15. The van der Waals surface area contributed by atoms with E-state index in [1.165, 1.54) is 11.8 Å². The Morgan fingerprint density at radius 2 is 1.88 bits per heavy atom. The van der Waals surface area contributed by atoms with E-state index in [1.54, 1.807) is 31.4 Å². The number of benzene rings is 2. The highest BCUT2D eigenvalue weighted by molar-refractivity contribution is 7.99. The number of amides is 2. The second-order valence-electron chi connectivity index (χ2n) is 5.30. The normalized spacial score (nSPS) is 10.2. The van der Waals surface area contributed by atoms with E-state index < -0.39 is 5.91 Å². The molecule has 0 saturated carbocycles. The molecule has 0 aliphatic heterocycles. The topological polar surface area (TPSA) is 81.4 Å². The third-order valence-electron chi connectivity index (χ3n) is 3.38. The first kappa shape index (κ1) is 17.9. The molecule has 0 saturated heterocycles. The predicted octanol–water partition coefficient (Wildman–Crippen LogP) is 2.97. The van der Waals surface area contributed by atoms with Gasteiger partial charge in [-0.1, -0.05) is 17.7 Å². The highest BCUT2D eigenvalue weighted by Gasteiger charge is 2.07. The van der Waals surface area contributed by atoms with Gasteiger partial charge < -0.3 is 15.8 Å². The fourth-order valence-corrected chi connectivity index (χ4v) is 2.99. The van der Waals surface area contributed by atoms with Crippen molar-refractivity contribution >= 4 is 29.3 Å². The SMILES string of the molecule is COc1ccc(C)cc1CSCC(=O)Nc1ccc(C(N)=O)cc1. The van der Waals surface area contributed by atoms with Crippen LogP contribution in [0, 0.1) is 6.92 Å². The third-order valence-corrected chi connectivity index (χ3v) is 4.36. The molecule has 0 fully saturated rings. The molecule has 24 heavy (non-hydrogen) atoms. The van der Waals surface area contributed by atoms with Crippen molar-refractivity contribution < 1.29 is 14.3 Å². The molecule has 0 radical (unpaired) electrons. The number of nitrogens with one attached hydrogen (secondary N) is 1. The minimum atomic E-state index is -0.490. The molecule has 0 heterocycles. The first-order valence-electron chi connectivity index (χ1n) is 7.40. The van der Waals surface area contributed by atoms with E-state index in [9.17, 15) is 9.59 Å². The summed E-state index contributed by atoms with van der Waals surface area (Å²) >= 11 is 1.51. The first-order valence-corrected chi connectivity index (χ1v) is 8.56. The average molecular weight is 344 g/mol. The number of hydrogen-bond donors (Lipinski definition) is 2. The van der Waals surface area contributed by atoms with Crippen LogP contribution in [0.3, 0.4) is 0 Å². The number of methoxy groups -OCH3 is 1. The Kier molecular flexibility index (Phi) is 6.26. The summed E-state index contributed by atoms with van der Waals surface area (Å²) in [5.41, 5.74) is 8.46. The van der Waals surface area contributed by atoms with Crippen molar-refractivity contribution in [3.63, 3.8) is 0 Å². The lowest BCUT2D eigenvalue weighted by molar-refractivity contribution is -0.113. The molecule has 0 spiro atoms. The van der Waals surface area contributed by atoms with Crippen LogP contribution in [-0.2, 0) is 10.5 Å². The molecule has 2 aromatic carbocycles. The zero-order valence-corrected chi connectivity index (χ0v) is 14.5. The number of hydrogen-bond acceptors (Lipinski definition) is 4. The van der Waals surface area contributed by atoms with Crippen molar-refractivity contribution in [1.29, 1.82) is 0 Å². The molecule has 3 N–H and O–H groups in total. The van der Waals surface area contributed by atoms with Gasteiger partial charge in [-0.15, -0.1) is 11.8 Å². The Morgan fingerprint density at radius 3 is 2.50 bits per heavy atom. The maximum atomic E-state index is 12.0.